The van der Waals surface area contributed by atoms with Crippen molar-refractivity contribution in [3.63, 3.8) is 0 Å². The summed E-state index contributed by atoms with van der Waals surface area (Å²) in [5.41, 5.74) is 6.92. The van der Waals surface area contributed by atoms with Crippen LogP contribution in [0.3, 0.4) is 0 Å². The van der Waals surface area contributed by atoms with Crippen LogP contribution in [0.15, 0.2) is 38.5 Å². The molecule has 4 nitrogen and oxygen atoms in total. The van der Waals surface area contributed by atoms with Crippen LogP contribution in [-0.4, -0.2) is 12.1 Å². The summed E-state index contributed by atoms with van der Waals surface area (Å²) < 4.78 is 5.65. The third-order valence-corrected chi connectivity index (χ3v) is 3.32. The summed E-state index contributed by atoms with van der Waals surface area (Å²) >= 11 is 3.15. The van der Waals surface area contributed by atoms with Crippen LogP contribution in [0.5, 0.6) is 0 Å². The first kappa shape index (κ1) is 14.5. The second-order valence-corrected chi connectivity index (χ2v) is 5.40. The average molecular weight is 335 g/mol. The van der Waals surface area contributed by atoms with Gasteiger partial charge in [0.05, 0.1) is 6.21 Å². The van der Waals surface area contributed by atoms with E-state index in [-0.39, 0.29) is 11.7 Å². The molecule has 0 radical (unpaired) electrons. The summed E-state index contributed by atoms with van der Waals surface area (Å²) in [6.07, 6.45) is 1.65. The Morgan fingerprint density at radius 3 is 2.45 bits per heavy atom. The van der Waals surface area contributed by atoms with Crippen molar-refractivity contribution < 1.29 is 9.21 Å². The normalized spacial score (nSPS) is 11.0. The molecule has 0 aliphatic heterocycles. The van der Waals surface area contributed by atoms with Gasteiger partial charge in [0, 0.05) is 5.56 Å². The minimum absolute atomic E-state index is 0.214. The van der Waals surface area contributed by atoms with Crippen molar-refractivity contribution in [2.75, 3.05) is 0 Å². The molecule has 1 aromatic heterocycles. The van der Waals surface area contributed by atoms with Gasteiger partial charge in [-0.15, -0.1) is 0 Å². The van der Waals surface area contributed by atoms with Gasteiger partial charge in [-0.25, -0.2) is 5.43 Å². The van der Waals surface area contributed by atoms with E-state index >= 15 is 0 Å². The van der Waals surface area contributed by atoms with Crippen LogP contribution in [0, 0.1) is 20.8 Å². The summed E-state index contributed by atoms with van der Waals surface area (Å²) in [4.78, 5) is 11.7. The molecule has 0 aliphatic carbocycles. The maximum Gasteiger partial charge on any atom is 0.307 e. The van der Waals surface area contributed by atoms with Crippen molar-refractivity contribution in [2.45, 2.75) is 20.8 Å². The zero-order chi connectivity index (χ0) is 14.7. The van der Waals surface area contributed by atoms with Gasteiger partial charge in [0.15, 0.2) is 10.4 Å². The maximum atomic E-state index is 11.7. The fourth-order valence-corrected chi connectivity index (χ4v) is 2.35. The van der Waals surface area contributed by atoms with Gasteiger partial charge in [-0.2, -0.15) is 5.10 Å². The topological polar surface area (TPSA) is 54.6 Å². The van der Waals surface area contributed by atoms with E-state index in [4.69, 9.17) is 4.42 Å². The van der Waals surface area contributed by atoms with E-state index < -0.39 is 0 Å². The van der Waals surface area contributed by atoms with Gasteiger partial charge in [-0.05, 0) is 60.0 Å². The molecule has 2 rings (SSSR count). The highest BCUT2D eigenvalue weighted by Gasteiger charge is 2.09. The Kier molecular flexibility index (Phi) is 4.39. The zero-order valence-electron chi connectivity index (χ0n) is 11.5. The van der Waals surface area contributed by atoms with Gasteiger partial charge in [-0.1, -0.05) is 17.7 Å². The predicted octanol–water partition coefficient (Wildman–Crippen LogP) is 3.73. The first-order valence-corrected chi connectivity index (χ1v) is 6.93. The van der Waals surface area contributed by atoms with E-state index in [0.717, 1.165) is 16.7 Å². The zero-order valence-corrected chi connectivity index (χ0v) is 13.1. The Labute approximate surface area is 126 Å². The van der Waals surface area contributed by atoms with Crippen LogP contribution in [0.4, 0.5) is 0 Å². The molecule has 1 N–H and O–H groups in total. The third-order valence-electron chi connectivity index (χ3n) is 2.89. The van der Waals surface area contributed by atoms with Gasteiger partial charge in [0.1, 0.15) is 0 Å². The van der Waals surface area contributed by atoms with Crippen molar-refractivity contribution in [3.05, 3.63) is 56.9 Å². The van der Waals surface area contributed by atoms with Gasteiger partial charge in [-0.3, -0.25) is 4.79 Å². The highest BCUT2D eigenvalue weighted by atomic mass is 79.9. The van der Waals surface area contributed by atoms with Crippen LogP contribution in [-0.2, 0) is 0 Å². The van der Waals surface area contributed by atoms with Crippen LogP contribution in [0.1, 0.15) is 32.8 Å². The lowest BCUT2D eigenvalue weighted by atomic mass is 10.0. The Hall–Kier alpha value is -1.88. The molecule has 20 heavy (non-hydrogen) atoms. The molecule has 0 unspecified atom stereocenters. The van der Waals surface area contributed by atoms with Crippen LogP contribution < -0.4 is 5.43 Å². The highest BCUT2D eigenvalue weighted by Crippen LogP contribution is 2.15. The number of hydrazone groups is 1. The number of furan rings is 1. The molecular formula is C15H15BrN2O2. The largest absolute Gasteiger partial charge is 0.444 e. The number of carbonyl (C=O) groups excluding carboxylic acids is 1. The number of amides is 1. The Balaban J connectivity index is 2.09. The molecule has 0 bridgehead atoms. The van der Waals surface area contributed by atoms with Gasteiger partial charge < -0.3 is 4.42 Å². The molecule has 1 aromatic carbocycles. The monoisotopic (exact) mass is 334 g/mol. The number of nitrogens with zero attached hydrogens (tertiary/aromatic N) is 1. The maximum absolute atomic E-state index is 11.7. The van der Waals surface area contributed by atoms with Crippen LogP contribution in [0.25, 0.3) is 0 Å². The first-order valence-electron chi connectivity index (χ1n) is 6.14. The number of carbonyl (C=O) groups is 1. The lowest BCUT2D eigenvalue weighted by Gasteiger charge is -2.06. The SMILES string of the molecule is Cc1cc(C)c(C=NNC(=O)c2ccc(Br)o2)c(C)c1. The molecule has 5 heteroatoms. The van der Waals surface area contributed by atoms with E-state index in [1.54, 1.807) is 18.3 Å². The first-order chi connectivity index (χ1) is 9.47. The number of aryl methyl sites for hydroxylation is 3. The number of hydrogen-bond acceptors (Lipinski definition) is 3. The molecule has 0 saturated heterocycles. The summed E-state index contributed by atoms with van der Waals surface area (Å²) in [6.45, 7) is 6.09. The molecule has 104 valence electrons. The smallest absolute Gasteiger partial charge is 0.307 e. The lowest BCUT2D eigenvalue weighted by Crippen LogP contribution is -2.17. The van der Waals surface area contributed by atoms with E-state index in [0.29, 0.717) is 4.67 Å². The fraction of sp³-hybridized carbons (Fsp3) is 0.200. The molecule has 0 spiro atoms. The van der Waals surface area contributed by atoms with Gasteiger partial charge in [0.25, 0.3) is 0 Å². The van der Waals surface area contributed by atoms with E-state index in [2.05, 4.69) is 45.5 Å². The van der Waals surface area contributed by atoms with Crippen molar-refractivity contribution in [1.29, 1.82) is 0 Å². The van der Waals surface area contributed by atoms with Crippen molar-refractivity contribution >= 4 is 28.1 Å². The van der Waals surface area contributed by atoms with Crippen LogP contribution in [0.2, 0.25) is 0 Å². The third kappa shape index (κ3) is 3.36. The molecule has 2 aromatic rings. The molecular weight excluding hydrogens is 320 g/mol. The predicted molar refractivity (Wildman–Crippen MR) is 82.1 cm³/mol. The van der Waals surface area contributed by atoms with Crippen molar-refractivity contribution in [2.24, 2.45) is 5.10 Å². The minimum atomic E-state index is -0.380. The number of hydrogen-bond donors (Lipinski definition) is 1. The second kappa shape index (κ2) is 6.05. The van der Waals surface area contributed by atoms with Gasteiger partial charge in [0.2, 0.25) is 0 Å². The number of halogens is 1. The van der Waals surface area contributed by atoms with E-state index in [1.165, 1.54) is 5.56 Å². The minimum Gasteiger partial charge on any atom is -0.444 e. The van der Waals surface area contributed by atoms with E-state index in [1.807, 2.05) is 13.8 Å². The van der Waals surface area contributed by atoms with E-state index in [9.17, 15) is 4.79 Å². The lowest BCUT2D eigenvalue weighted by molar-refractivity contribution is 0.0926. The molecule has 1 heterocycles. The average Bonchev–Trinajstić information content (AvgIpc) is 2.79. The standard InChI is InChI=1S/C15H15BrN2O2/c1-9-6-10(2)12(11(3)7-9)8-17-18-15(19)13-4-5-14(16)20-13/h4-8H,1-3H3,(H,18,19). The summed E-state index contributed by atoms with van der Waals surface area (Å²) in [7, 11) is 0. The Morgan fingerprint density at radius 2 is 1.90 bits per heavy atom. The highest BCUT2D eigenvalue weighted by molar-refractivity contribution is 9.10. The number of rotatable bonds is 3. The number of nitrogens with one attached hydrogen (secondary N) is 1. The Bertz CT molecular complexity index is 651. The molecule has 0 aliphatic rings. The molecule has 0 saturated carbocycles. The fourth-order valence-electron chi connectivity index (χ4n) is 2.04. The summed E-state index contributed by atoms with van der Waals surface area (Å²) in [5.74, 6) is -0.166. The van der Waals surface area contributed by atoms with Gasteiger partial charge >= 0.3 is 5.91 Å². The second-order valence-electron chi connectivity index (χ2n) is 4.62. The van der Waals surface area contributed by atoms with Crippen molar-refractivity contribution in [3.8, 4) is 0 Å². The quantitative estimate of drug-likeness (QED) is 0.686. The summed E-state index contributed by atoms with van der Waals surface area (Å²) in [5, 5.41) is 3.98. The Morgan fingerprint density at radius 1 is 1.25 bits per heavy atom. The molecule has 1 amide bonds. The summed E-state index contributed by atoms with van der Waals surface area (Å²) in [6, 6.07) is 7.41. The number of benzene rings is 1. The molecule has 0 atom stereocenters. The van der Waals surface area contributed by atoms with Crippen molar-refractivity contribution in [1.82, 2.24) is 5.43 Å². The molecule has 0 fully saturated rings. The van der Waals surface area contributed by atoms with Crippen LogP contribution >= 0.6 is 15.9 Å².